The first kappa shape index (κ1) is 17.8. The van der Waals surface area contributed by atoms with Crippen LogP contribution in [0.2, 0.25) is 0 Å². The second kappa shape index (κ2) is 6.64. The lowest BCUT2D eigenvalue weighted by atomic mass is 10.0. The molecule has 1 aliphatic heterocycles. The third-order valence-corrected chi connectivity index (χ3v) is 7.58. The summed E-state index contributed by atoms with van der Waals surface area (Å²) in [5, 5.41) is 20.5. The van der Waals surface area contributed by atoms with Crippen molar-refractivity contribution in [3.63, 3.8) is 0 Å². The Balaban J connectivity index is 1.89. The maximum absolute atomic E-state index is 14.5. The Hall–Kier alpha value is -3.31. The van der Waals surface area contributed by atoms with Gasteiger partial charge in [-0.05, 0) is 41.3 Å². The first-order chi connectivity index (χ1) is 14.2. The largest absolute Gasteiger partial charge is 0.436 e. The molecule has 144 valence electrons. The van der Waals surface area contributed by atoms with E-state index in [0.29, 0.717) is 16.4 Å². The van der Waals surface area contributed by atoms with Crippen molar-refractivity contribution in [3.05, 3.63) is 78.9 Å². The van der Waals surface area contributed by atoms with E-state index in [2.05, 4.69) is 9.78 Å². The van der Waals surface area contributed by atoms with Gasteiger partial charge >= 0.3 is 7.37 Å². The molecular weight excluding hydrogens is 391 g/mol. The van der Waals surface area contributed by atoms with E-state index in [-0.39, 0.29) is 16.8 Å². The number of hydrogen-bond donors (Lipinski definition) is 2. The summed E-state index contributed by atoms with van der Waals surface area (Å²) in [6, 6.07) is 22.7. The van der Waals surface area contributed by atoms with Crippen LogP contribution in [0.25, 0.3) is 21.9 Å². The van der Waals surface area contributed by atoms with Gasteiger partial charge in [0.2, 0.25) is 0 Å². The molecule has 0 aliphatic carbocycles. The standard InChI is InChI=1S/C22H15O6P/c23-26-15-11-9-14-10-12-20(27-24)22(18(14)13-15)29(25)21-8-4-2-6-17(21)16-5-1-3-7-19(16)28-29/h1-13,23-24H. The molecule has 0 saturated carbocycles. The summed E-state index contributed by atoms with van der Waals surface area (Å²) in [4.78, 5) is 8.96. The van der Waals surface area contributed by atoms with Crippen molar-refractivity contribution in [2.75, 3.05) is 0 Å². The van der Waals surface area contributed by atoms with Crippen molar-refractivity contribution >= 4 is 28.8 Å². The molecule has 0 spiro atoms. The van der Waals surface area contributed by atoms with Crippen LogP contribution < -0.4 is 24.9 Å². The van der Waals surface area contributed by atoms with Crippen molar-refractivity contribution in [3.8, 4) is 28.4 Å². The topological polar surface area (TPSA) is 85.2 Å². The van der Waals surface area contributed by atoms with Crippen LogP contribution in [0.4, 0.5) is 0 Å². The van der Waals surface area contributed by atoms with Gasteiger partial charge in [0.15, 0.2) is 11.5 Å². The summed E-state index contributed by atoms with van der Waals surface area (Å²) in [6.45, 7) is 0. The van der Waals surface area contributed by atoms with E-state index in [1.165, 1.54) is 12.1 Å². The molecule has 2 N–H and O–H groups in total. The van der Waals surface area contributed by atoms with Crippen LogP contribution >= 0.6 is 7.37 Å². The van der Waals surface area contributed by atoms with Crippen LogP contribution in [-0.4, -0.2) is 10.5 Å². The quantitative estimate of drug-likeness (QED) is 0.288. The minimum absolute atomic E-state index is 0.00473. The van der Waals surface area contributed by atoms with E-state index >= 15 is 0 Å². The summed E-state index contributed by atoms with van der Waals surface area (Å²) in [7, 11) is -3.74. The Labute approximate surface area is 165 Å². The zero-order valence-electron chi connectivity index (χ0n) is 15.0. The molecule has 7 heteroatoms. The Kier molecular flexibility index (Phi) is 4.07. The second-order valence-electron chi connectivity index (χ2n) is 6.63. The van der Waals surface area contributed by atoms with Gasteiger partial charge in [0.1, 0.15) is 11.1 Å². The Morgan fingerprint density at radius 2 is 1.52 bits per heavy atom. The molecule has 0 saturated heterocycles. The van der Waals surface area contributed by atoms with Crippen molar-refractivity contribution in [1.82, 2.24) is 0 Å². The molecule has 29 heavy (non-hydrogen) atoms. The van der Waals surface area contributed by atoms with Gasteiger partial charge in [0, 0.05) is 10.9 Å². The highest BCUT2D eigenvalue weighted by Crippen LogP contribution is 2.56. The average molecular weight is 406 g/mol. The molecule has 0 radical (unpaired) electrons. The lowest BCUT2D eigenvalue weighted by Gasteiger charge is -2.30. The van der Waals surface area contributed by atoms with Crippen LogP contribution in [0.1, 0.15) is 0 Å². The van der Waals surface area contributed by atoms with Gasteiger partial charge in [-0.3, -0.25) is 4.57 Å². The molecule has 1 heterocycles. The summed E-state index contributed by atoms with van der Waals surface area (Å²) < 4.78 is 20.6. The Morgan fingerprint density at radius 1 is 0.793 bits per heavy atom. The van der Waals surface area contributed by atoms with E-state index in [0.717, 1.165) is 16.5 Å². The molecule has 1 unspecified atom stereocenters. The summed E-state index contributed by atoms with van der Waals surface area (Å²) in [5.41, 5.74) is 1.62. The van der Waals surface area contributed by atoms with Gasteiger partial charge < -0.3 is 14.3 Å². The number of rotatable bonds is 3. The van der Waals surface area contributed by atoms with E-state index in [9.17, 15) is 9.82 Å². The van der Waals surface area contributed by atoms with Crippen molar-refractivity contribution in [2.45, 2.75) is 0 Å². The lowest BCUT2D eigenvalue weighted by molar-refractivity contribution is -0.137. The molecular formula is C22H15O6P. The van der Waals surface area contributed by atoms with Gasteiger partial charge in [-0.1, -0.05) is 48.5 Å². The summed E-state index contributed by atoms with van der Waals surface area (Å²) in [5.74, 6) is 0.640. The fourth-order valence-corrected chi connectivity index (χ4v) is 6.36. The van der Waals surface area contributed by atoms with E-state index < -0.39 is 7.37 Å². The van der Waals surface area contributed by atoms with Gasteiger partial charge in [-0.15, -0.1) is 0 Å². The van der Waals surface area contributed by atoms with Crippen molar-refractivity contribution < 1.29 is 29.4 Å². The molecule has 0 bridgehead atoms. The molecule has 0 aromatic heterocycles. The lowest BCUT2D eigenvalue weighted by Crippen LogP contribution is -2.26. The van der Waals surface area contributed by atoms with Crippen molar-refractivity contribution in [1.29, 1.82) is 0 Å². The highest BCUT2D eigenvalue weighted by molar-refractivity contribution is 7.75. The van der Waals surface area contributed by atoms with E-state index in [4.69, 9.17) is 9.78 Å². The number of para-hydroxylation sites is 1. The summed E-state index contributed by atoms with van der Waals surface area (Å²) in [6.07, 6.45) is 0. The van der Waals surface area contributed by atoms with Gasteiger partial charge in [-0.2, -0.15) is 0 Å². The highest BCUT2D eigenvalue weighted by atomic mass is 31.2. The van der Waals surface area contributed by atoms with Crippen LogP contribution in [0.5, 0.6) is 17.2 Å². The maximum atomic E-state index is 14.5. The third kappa shape index (κ3) is 2.62. The first-order valence-electron chi connectivity index (χ1n) is 8.84. The smallest absolute Gasteiger partial charge is 0.311 e. The highest BCUT2D eigenvalue weighted by Gasteiger charge is 2.41. The second-order valence-corrected chi connectivity index (χ2v) is 8.85. The molecule has 4 aromatic carbocycles. The van der Waals surface area contributed by atoms with Gasteiger partial charge in [0.05, 0.1) is 5.30 Å². The fourth-order valence-electron chi connectivity index (χ4n) is 3.78. The number of fused-ring (bicyclic) bond motifs is 4. The SMILES string of the molecule is O=P1(c2c(OO)ccc3ccc(OO)cc23)Oc2ccccc2-c2ccccc21. The number of hydrogen-bond acceptors (Lipinski definition) is 6. The molecule has 5 rings (SSSR count). The normalized spacial score (nSPS) is 17.2. The van der Waals surface area contributed by atoms with Crippen molar-refractivity contribution in [2.24, 2.45) is 0 Å². The molecule has 1 atom stereocenters. The predicted molar refractivity (Wildman–Crippen MR) is 110 cm³/mol. The van der Waals surface area contributed by atoms with Crippen LogP contribution in [0.15, 0.2) is 78.9 Å². The van der Waals surface area contributed by atoms with Gasteiger partial charge in [0.25, 0.3) is 0 Å². The van der Waals surface area contributed by atoms with E-state index in [1.807, 2.05) is 24.3 Å². The van der Waals surface area contributed by atoms with Crippen LogP contribution in [-0.2, 0) is 4.57 Å². The summed E-state index contributed by atoms with van der Waals surface area (Å²) >= 11 is 0. The predicted octanol–water partition coefficient (Wildman–Crippen LogP) is 4.83. The zero-order valence-corrected chi connectivity index (χ0v) is 15.9. The molecule has 1 aliphatic rings. The van der Waals surface area contributed by atoms with Crippen LogP contribution in [0, 0.1) is 0 Å². The maximum Gasteiger partial charge on any atom is 0.311 e. The monoisotopic (exact) mass is 406 g/mol. The molecule has 6 nitrogen and oxygen atoms in total. The Bertz CT molecular complexity index is 1290. The van der Waals surface area contributed by atoms with E-state index in [1.54, 1.807) is 42.5 Å². The fraction of sp³-hybridized carbons (Fsp3) is 0. The molecule has 0 fully saturated rings. The Morgan fingerprint density at radius 3 is 2.31 bits per heavy atom. The zero-order chi connectivity index (χ0) is 20.0. The average Bonchev–Trinajstić information content (AvgIpc) is 2.78. The van der Waals surface area contributed by atoms with Crippen LogP contribution in [0.3, 0.4) is 0 Å². The van der Waals surface area contributed by atoms with Gasteiger partial charge in [-0.25, -0.2) is 10.5 Å². The minimum atomic E-state index is -3.74. The molecule has 4 aromatic rings. The minimum Gasteiger partial charge on any atom is -0.436 e. The molecule has 0 amide bonds. The third-order valence-electron chi connectivity index (χ3n) is 5.05. The first-order valence-corrected chi connectivity index (χ1v) is 10.5. The number of benzene rings is 4.